The third-order valence-corrected chi connectivity index (χ3v) is 6.83. The number of aromatic nitrogens is 2. The molecular weight excluding hydrogens is 454 g/mol. The number of para-hydroxylation sites is 2. The predicted molar refractivity (Wildman–Crippen MR) is 138 cm³/mol. The highest BCUT2D eigenvalue weighted by Crippen LogP contribution is 2.38. The van der Waals surface area contributed by atoms with Gasteiger partial charge in [-0.05, 0) is 49.7 Å². The molecule has 7 heteroatoms. The maximum absolute atomic E-state index is 13.1. The molecule has 1 aromatic heterocycles. The Morgan fingerprint density at radius 2 is 1.81 bits per heavy atom. The molecule has 3 heterocycles. The molecule has 0 radical (unpaired) electrons. The fourth-order valence-electron chi connectivity index (χ4n) is 5.02. The first kappa shape index (κ1) is 22.5. The van der Waals surface area contributed by atoms with Crippen molar-refractivity contribution >= 4 is 22.6 Å². The Labute approximate surface area is 210 Å². The van der Waals surface area contributed by atoms with Gasteiger partial charge in [-0.25, -0.2) is 4.98 Å². The summed E-state index contributed by atoms with van der Waals surface area (Å²) >= 11 is 0. The number of imidazole rings is 1. The highest BCUT2D eigenvalue weighted by Gasteiger charge is 2.35. The number of carbonyl (C=O) groups is 1. The maximum Gasteiger partial charge on any atom is 0.227 e. The largest absolute Gasteiger partial charge is 0.494 e. The van der Waals surface area contributed by atoms with E-state index in [9.17, 15) is 4.79 Å². The van der Waals surface area contributed by atoms with Gasteiger partial charge in [-0.15, -0.1) is 0 Å². The van der Waals surface area contributed by atoms with E-state index in [0.717, 1.165) is 47.0 Å². The van der Waals surface area contributed by atoms with Gasteiger partial charge in [-0.1, -0.05) is 29.8 Å². The molecule has 0 spiro atoms. The summed E-state index contributed by atoms with van der Waals surface area (Å²) in [4.78, 5) is 19.9. The highest BCUT2D eigenvalue weighted by molar-refractivity contribution is 5.97. The Bertz CT molecular complexity index is 1400. The molecule has 1 amide bonds. The lowest BCUT2D eigenvalue weighted by Gasteiger charge is -2.22. The van der Waals surface area contributed by atoms with Crippen LogP contribution in [0.1, 0.15) is 30.1 Å². The molecule has 0 bridgehead atoms. The zero-order chi connectivity index (χ0) is 24.5. The van der Waals surface area contributed by atoms with Crippen LogP contribution in [-0.4, -0.2) is 41.8 Å². The summed E-state index contributed by atoms with van der Waals surface area (Å²) in [5.41, 5.74) is 4.10. The lowest BCUT2D eigenvalue weighted by molar-refractivity contribution is -0.117. The minimum Gasteiger partial charge on any atom is -0.494 e. The predicted octanol–water partition coefficient (Wildman–Crippen LogP) is 5.11. The molecule has 4 aromatic rings. The van der Waals surface area contributed by atoms with Gasteiger partial charge >= 0.3 is 0 Å². The van der Waals surface area contributed by atoms with E-state index in [-0.39, 0.29) is 11.8 Å². The van der Waals surface area contributed by atoms with Crippen molar-refractivity contribution in [3.05, 3.63) is 78.1 Å². The van der Waals surface area contributed by atoms with Crippen molar-refractivity contribution in [2.75, 3.05) is 31.3 Å². The molecule has 7 nitrogen and oxygen atoms in total. The minimum atomic E-state index is 0.0103. The molecule has 3 aromatic carbocycles. The van der Waals surface area contributed by atoms with Crippen LogP contribution in [0.3, 0.4) is 0 Å². The third-order valence-electron chi connectivity index (χ3n) is 6.83. The molecule has 1 saturated heterocycles. The first-order chi connectivity index (χ1) is 17.7. The van der Waals surface area contributed by atoms with Crippen LogP contribution in [0.15, 0.2) is 66.7 Å². The van der Waals surface area contributed by atoms with Crippen LogP contribution in [0.4, 0.5) is 5.69 Å². The Morgan fingerprint density at radius 3 is 2.67 bits per heavy atom. The van der Waals surface area contributed by atoms with E-state index < -0.39 is 0 Å². The zero-order valence-electron chi connectivity index (χ0n) is 20.4. The van der Waals surface area contributed by atoms with Crippen LogP contribution in [0.2, 0.25) is 0 Å². The second-order valence-electron chi connectivity index (χ2n) is 9.36. The van der Waals surface area contributed by atoms with Crippen molar-refractivity contribution in [3.8, 4) is 17.2 Å². The normalized spacial score (nSPS) is 17.1. The lowest BCUT2D eigenvalue weighted by atomic mass is 10.1. The van der Waals surface area contributed by atoms with Gasteiger partial charge in [0, 0.05) is 37.2 Å². The second kappa shape index (κ2) is 9.57. The van der Waals surface area contributed by atoms with Crippen molar-refractivity contribution in [2.45, 2.75) is 32.2 Å². The minimum absolute atomic E-state index is 0.0103. The molecule has 0 aliphatic carbocycles. The molecule has 0 N–H and O–H groups in total. The van der Waals surface area contributed by atoms with E-state index in [4.69, 9.17) is 19.2 Å². The zero-order valence-corrected chi connectivity index (χ0v) is 20.4. The Hall–Kier alpha value is -4.00. The number of aryl methyl sites for hydroxylation is 2. The third kappa shape index (κ3) is 4.37. The van der Waals surface area contributed by atoms with Gasteiger partial charge in [0.15, 0.2) is 11.5 Å². The number of anilines is 1. The highest BCUT2D eigenvalue weighted by atomic mass is 16.6. The quantitative estimate of drug-likeness (QED) is 0.342. The number of fused-ring (bicyclic) bond motifs is 2. The summed E-state index contributed by atoms with van der Waals surface area (Å²) in [6.07, 6.45) is 1.27. The number of hydrogen-bond donors (Lipinski definition) is 0. The van der Waals surface area contributed by atoms with Crippen molar-refractivity contribution in [1.82, 2.24) is 9.55 Å². The fraction of sp³-hybridized carbons (Fsp3) is 0.310. The van der Waals surface area contributed by atoms with Crippen LogP contribution >= 0.6 is 0 Å². The van der Waals surface area contributed by atoms with Crippen molar-refractivity contribution in [1.29, 1.82) is 0 Å². The molecule has 2 aliphatic rings. The van der Waals surface area contributed by atoms with Crippen LogP contribution in [0.5, 0.6) is 17.2 Å². The van der Waals surface area contributed by atoms with E-state index >= 15 is 0 Å². The van der Waals surface area contributed by atoms with Gasteiger partial charge in [-0.2, -0.15) is 0 Å². The molecular formula is C29H29N3O4. The molecule has 6 rings (SSSR count). The van der Waals surface area contributed by atoms with Crippen LogP contribution in [0.25, 0.3) is 11.0 Å². The summed E-state index contributed by atoms with van der Waals surface area (Å²) in [5.74, 6) is 3.36. The summed E-state index contributed by atoms with van der Waals surface area (Å²) in [6.45, 7) is 5.10. The maximum atomic E-state index is 13.1. The summed E-state index contributed by atoms with van der Waals surface area (Å²) < 4.78 is 19.6. The lowest BCUT2D eigenvalue weighted by Crippen LogP contribution is -2.25. The Morgan fingerprint density at radius 1 is 1.00 bits per heavy atom. The van der Waals surface area contributed by atoms with Gasteiger partial charge < -0.3 is 23.7 Å². The van der Waals surface area contributed by atoms with Crippen molar-refractivity contribution in [3.63, 3.8) is 0 Å². The summed E-state index contributed by atoms with van der Waals surface area (Å²) in [5, 5.41) is 0. The van der Waals surface area contributed by atoms with Crippen LogP contribution in [-0.2, 0) is 11.3 Å². The molecule has 1 fully saturated rings. The van der Waals surface area contributed by atoms with Gasteiger partial charge in [0.2, 0.25) is 5.91 Å². The topological polar surface area (TPSA) is 65.8 Å². The molecule has 2 aliphatic heterocycles. The Balaban J connectivity index is 1.20. The number of benzene rings is 3. The average Bonchev–Trinajstić information content (AvgIpc) is 3.48. The Kier molecular flexibility index (Phi) is 5.97. The molecule has 1 unspecified atom stereocenters. The number of amides is 1. The number of ether oxygens (including phenoxy) is 3. The summed E-state index contributed by atoms with van der Waals surface area (Å²) in [7, 11) is 0. The van der Waals surface area contributed by atoms with Crippen molar-refractivity contribution in [2.24, 2.45) is 0 Å². The van der Waals surface area contributed by atoms with E-state index in [0.29, 0.717) is 38.5 Å². The van der Waals surface area contributed by atoms with E-state index in [1.54, 1.807) is 0 Å². The number of rotatable bonds is 7. The van der Waals surface area contributed by atoms with E-state index in [2.05, 4.69) is 29.7 Å². The van der Waals surface area contributed by atoms with E-state index in [1.807, 2.05) is 53.4 Å². The SMILES string of the molecule is Cc1ccc(OCCCn2c(C3CC(=O)N(c4ccc5c(c4)OCCO5)C3)nc3ccccc32)cc1. The second-order valence-corrected chi connectivity index (χ2v) is 9.36. The first-order valence-electron chi connectivity index (χ1n) is 12.5. The smallest absolute Gasteiger partial charge is 0.227 e. The molecule has 1 atom stereocenters. The van der Waals surface area contributed by atoms with Crippen LogP contribution in [0, 0.1) is 6.92 Å². The van der Waals surface area contributed by atoms with Gasteiger partial charge in [-0.3, -0.25) is 4.79 Å². The fourth-order valence-corrected chi connectivity index (χ4v) is 5.02. The van der Waals surface area contributed by atoms with Crippen LogP contribution < -0.4 is 19.1 Å². The number of nitrogens with zero attached hydrogens (tertiary/aromatic N) is 3. The molecule has 36 heavy (non-hydrogen) atoms. The standard InChI is InChI=1S/C29H29N3O4/c1-20-7-10-23(11-8-20)34-14-4-13-31-25-6-3-2-5-24(25)30-29(31)21-17-28(33)32(19-21)22-9-12-26-27(18-22)36-16-15-35-26/h2-3,5-12,18,21H,4,13-17,19H2,1H3. The molecule has 184 valence electrons. The average molecular weight is 484 g/mol. The monoisotopic (exact) mass is 483 g/mol. The number of hydrogen-bond acceptors (Lipinski definition) is 5. The molecule has 0 saturated carbocycles. The van der Waals surface area contributed by atoms with Gasteiger partial charge in [0.05, 0.1) is 17.6 Å². The number of carbonyl (C=O) groups excluding carboxylic acids is 1. The van der Waals surface area contributed by atoms with Gasteiger partial charge in [0.1, 0.15) is 24.8 Å². The van der Waals surface area contributed by atoms with Gasteiger partial charge in [0.25, 0.3) is 0 Å². The van der Waals surface area contributed by atoms with Crippen molar-refractivity contribution < 1.29 is 19.0 Å². The first-order valence-corrected chi connectivity index (χ1v) is 12.5. The summed E-state index contributed by atoms with van der Waals surface area (Å²) in [6, 6.07) is 22.0. The van der Waals surface area contributed by atoms with E-state index in [1.165, 1.54) is 5.56 Å².